The van der Waals surface area contributed by atoms with Crippen LogP contribution in [0.15, 0.2) is 0 Å². The van der Waals surface area contributed by atoms with Crippen LogP contribution in [0, 0.1) is 5.92 Å². The van der Waals surface area contributed by atoms with E-state index in [1.165, 1.54) is 44.9 Å². The molecule has 1 atom stereocenters. The van der Waals surface area contributed by atoms with Crippen molar-refractivity contribution in [3.63, 3.8) is 0 Å². The zero-order chi connectivity index (χ0) is 10.9. The lowest BCUT2D eigenvalue weighted by Crippen LogP contribution is -2.21. The monoisotopic (exact) mass is 211 g/mol. The van der Waals surface area contributed by atoms with Crippen LogP contribution in [0.1, 0.15) is 64.7 Å². The van der Waals surface area contributed by atoms with Gasteiger partial charge in [0, 0.05) is 13.0 Å². The minimum atomic E-state index is 0.253. The van der Waals surface area contributed by atoms with Gasteiger partial charge in [-0.05, 0) is 18.8 Å². The van der Waals surface area contributed by atoms with Crippen LogP contribution < -0.4 is 5.32 Å². The number of rotatable bonds is 6. The molecule has 2 heteroatoms. The van der Waals surface area contributed by atoms with Crippen molar-refractivity contribution in [2.45, 2.75) is 64.7 Å². The van der Waals surface area contributed by atoms with Gasteiger partial charge >= 0.3 is 0 Å². The van der Waals surface area contributed by atoms with E-state index in [2.05, 4.69) is 12.2 Å². The lowest BCUT2D eigenvalue weighted by molar-refractivity contribution is -0.120. The normalized spacial score (nSPS) is 22.2. The fourth-order valence-electron chi connectivity index (χ4n) is 2.31. The molecule has 0 aliphatic carbocycles. The Kier molecular flexibility index (Phi) is 6.45. The summed E-state index contributed by atoms with van der Waals surface area (Å²) in [6.45, 7) is 3.15. The van der Waals surface area contributed by atoms with Gasteiger partial charge in [-0.2, -0.15) is 0 Å². The molecule has 1 amide bonds. The highest BCUT2D eigenvalue weighted by molar-refractivity contribution is 5.76. The summed E-state index contributed by atoms with van der Waals surface area (Å²) in [7, 11) is 0. The SMILES string of the molecule is CCCCCCCC1CCNC(=O)CC1. The summed E-state index contributed by atoms with van der Waals surface area (Å²) in [5.41, 5.74) is 0. The number of amides is 1. The summed E-state index contributed by atoms with van der Waals surface area (Å²) >= 11 is 0. The number of unbranched alkanes of at least 4 members (excludes halogenated alkanes) is 4. The van der Waals surface area contributed by atoms with Crippen LogP contribution in [-0.2, 0) is 4.79 Å². The number of carbonyl (C=O) groups is 1. The third-order valence-electron chi connectivity index (χ3n) is 3.37. The Balaban J connectivity index is 2.02. The maximum Gasteiger partial charge on any atom is 0.220 e. The van der Waals surface area contributed by atoms with E-state index in [1.807, 2.05) is 0 Å². The van der Waals surface area contributed by atoms with E-state index in [-0.39, 0.29) is 5.91 Å². The van der Waals surface area contributed by atoms with Gasteiger partial charge in [0.25, 0.3) is 0 Å². The molecule has 0 aromatic carbocycles. The van der Waals surface area contributed by atoms with Crippen molar-refractivity contribution < 1.29 is 4.79 Å². The van der Waals surface area contributed by atoms with Gasteiger partial charge in [0.05, 0.1) is 0 Å². The van der Waals surface area contributed by atoms with Crippen LogP contribution in [0.5, 0.6) is 0 Å². The quantitative estimate of drug-likeness (QED) is 0.671. The molecule has 2 nitrogen and oxygen atoms in total. The number of hydrogen-bond donors (Lipinski definition) is 1. The van der Waals surface area contributed by atoms with E-state index >= 15 is 0 Å². The molecule has 0 spiro atoms. The molecule has 1 aliphatic heterocycles. The Morgan fingerprint density at radius 3 is 2.80 bits per heavy atom. The minimum Gasteiger partial charge on any atom is -0.356 e. The van der Waals surface area contributed by atoms with Gasteiger partial charge in [-0.1, -0.05) is 45.4 Å². The van der Waals surface area contributed by atoms with Gasteiger partial charge in [0.2, 0.25) is 5.91 Å². The van der Waals surface area contributed by atoms with Crippen molar-refractivity contribution in [3.05, 3.63) is 0 Å². The molecule has 1 unspecified atom stereocenters. The summed E-state index contributed by atoms with van der Waals surface area (Å²) in [6.07, 6.45) is 11.2. The largest absolute Gasteiger partial charge is 0.356 e. The molecule has 1 N–H and O–H groups in total. The van der Waals surface area contributed by atoms with E-state index in [4.69, 9.17) is 0 Å². The van der Waals surface area contributed by atoms with E-state index in [9.17, 15) is 4.79 Å². The smallest absolute Gasteiger partial charge is 0.220 e. The predicted molar refractivity (Wildman–Crippen MR) is 63.7 cm³/mol. The Morgan fingerprint density at radius 1 is 1.20 bits per heavy atom. The van der Waals surface area contributed by atoms with Crippen molar-refractivity contribution in [1.82, 2.24) is 5.32 Å². The Bertz CT molecular complexity index is 179. The van der Waals surface area contributed by atoms with Gasteiger partial charge in [0.1, 0.15) is 0 Å². The first-order valence-corrected chi connectivity index (χ1v) is 6.59. The van der Waals surface area contributed by atoms with Gasteiger partial charge in [-0.15, -0.1) is 0 Å². The zero-order valence-corrected chi connectivity index (χ0v) is 10.1. The zero-order valence-electron chi connectivity index (χ0n) is 10.1. The van der Waals surface area contributed by atoms with E-state index in [1.54, 1.807) is 0 Å². The predicted octanol–water partition coefficient (Wildman–Crippen LogP) is 3.26. The standard InChI is InChI=1S/C13H25NO/c1-2-3-4-5-6-7-12-8-9-13(15)14-11-10-12/h12H,2-11H2,1H3,(H,14,15). The molecule has 1 fully saturated rings. The van der Waals surface area contributed by atoms with Gasteiger partial charge in [0.15, 0.2) is 0 Å². The first-order chi connectivity index (χ1) is 7.33. The molecular formula is C13H25NO. The van der Waals surface area contributed by atoms with Gasteiger partial charge < -0.3 is 5.32 Å². The third-order valence-corrected chi connectivity index (χ3v) is 3.37. The maximum atomic E-state index is 11.1. The molecule has 1 aliphatic rings. The van der Waals surface area contributed by atoms with E-state index in [0.717, 1.165) is 25.3 Å². The summed E-state index contributed by atoms with van der Waals surface area (Å²) < 4.78 is 0. The molecule has 0 aromatic heterocycles. The molecule has 0 radical (unpaired) electrons. The first kappa shape index (κ1) is 12.5. The van der Waals surface area contributed by atoms with Crippen LogP contribution in [0.4, 0.5) is 0 Å². The van der Waals surface area contributed by atoms with E-state index < -0.39 is 0 Å². The van der Waals surface area contributed by atoms with Crippen LogP contribution in [-0.4, -0.2) is 12.5 Å². The van der Waals surface area contributed by atoms with Gasteiger partial charge in [-0.25, -0.2) is 0 Å². The summed E-state index contributed by atoms with van der Waals surface area (Å²) in [5.74, 6) is 1.05. The Hall–Kier alpha value is -0.530. The Morgan fingerprint density at radius 2 is 2.00 bits per heavy atom. The molecule has 0 saturated carbocycles. The fraction of sp³-hybridized carbons (Fsp3) is 0.923. The number of hydrogen-bond acceptors (Lipinski definition) is 1. The van der Waals surface area contributed by atoms with Crippen molar-refractivity contribution in [1.29, 1.82) is 0 Å². The second kappa shape index (κ2) is 7.72. The molecular weight excluding hydrogens is 186 g/mol. The molecule has 1 rings (SSSR count). The second-order valence-corrected chi connectivity index (χ2v) is 4.75. The lowest BCUT2D eigenvalue weighted by atomic mass is 9.94. The van der Waals surface area contributed by atoms with Crippen molar-refractivity contribution >= 4 is 5.91 Å². The molecule has 88 valence electrons. The Labute approximate surface area is 93.8 Å². The highest BCUT2D eigenvalue weighted by Gasteiger charge is 2.15. The number of carbonyl (C=O) groups excluding carboxylic acids is 1. The molecule has 1 heterocycles. The summed E-state index contributed by atoms with van der Waals surface area (Å²) in [4.78, 5) is 11.1. The van der Waals surface area contributed by atoms with Gasteiger partial charge in [-0.3, -0.25) is 4.79 Å². The topological polar surface area (TPSA) is 29.1 Å². The van der Waals surface area contributed by atoms with Crippen LogP contribution in [0.25, 0.3) is 0 Å². The molecule has 0 bridgehead atoms. The molecule has 0 aromatic rings. The van der Waals surface area contributed by atoms with Crippen LogP contribution in [0.2, 0.25) is 0 Å². The first-order valence-electron chi connectivity index (χ1n) is 6.59. The summed E-state index contributed by atoms with van der Waals surface area (Å²) in [5, 5.41) is 2.95. The van der Waals surface area contributed by atoms with Crippen molar-refractivity contribution in [2.24, 2.45) is 5.92 Å². The highest BCUT2D eigenvalue weighted by Crippen LogP contribution is 2.21. The van der Waals surface area contributed by atoms with Crippen LogP contribution in [0.3, 0.4) is 0 Å². The lowest BCUT2D eigenvalue weighted by Gasteiger charge is -2.12. The van der Waals surface area contributed by atoms with E-state index in [0.29, 0.717) is 0 Å². The average Bonchev–Trinajstić information content (AvgIpc) is 2.43. The molecule has 15 heavy (non-hydrogen) atoms. The maximum absolute atomic E-state index is 11.1. The second-order valence-electron chi connectivity index (χ2n) is 4.75. The third kappa shape index (κ3) is 5.81. The fourth-order valence-corrected chi connectivity index (χ4v) is 2.31. The highest BCUT2D eigenvalue weighted by atomic mass is 16.1. The number of nitrogens with one attached hydrogen (secondary N) is 1. The minimum absolute atomic E-state index is 0.253. The van der Waals surface area contributed by atoms with Crippen molar-refractivity contribution in [3.8, 4) is 0 Å². The molecule has 1 saturated heterocycles. The summed E-state index contributed by atoms with van der Waals surface area (Å²) in [6, 6.07) is 0. The van der Waals surface area contributed by atoms with Crippen LogP contribution >= 0.6 is 0 Å². The average molecular weight is 211 g/mol. The van der Waals surface area contributed by atoms with Crippen molar-refractivity contribution in [2.75, 3.05) is 6.54 Å².